The second-order valence-electron chi connectivity index (χ2n) is 6.72. The molecule has 3 heteroatoms. The van der Waals surface area contributed by atoms with E-state index in [0.717, 1.165) is 12.3 Å². The fraction of sp³-hybridized carbons (Fsp3) is 1.00. The number of aliphatic hydroxyl groups excluding tert-OH is 1. The number of likely N-dealkylation sites (tertiary alicyclic amines) is 1. The molecule has 2 fully saturated rings. The molecule has 2 aliphatic heterocycles. The molecule has 0 bridgehead atoms. The molecule has 0 saturated carbocycles. The van der Waals surface area contributed by atoms with E-state index in [9.17, 15) is 5.11 Å². The molecule has 0 aliphatic carbocycles. The highest BCUT2D eigenvalue weighted by Gasteiger charge is 2.41. The first-order valence-corrected chi connectivity index (χ1v) is 7.73. The summed E-state index contributed by atoms with van der Waals surface area (Å²) in [7, 11) is 0. The van der Waals surface area contributed by atoms with Gasteiger partial charge >= 0.3 is 0 Å². The molecule has 0 aromatic heterocycles. The normalized spacial score (nSPS) is 31.3. The zero-order valence-electron chi connectivity index (χ0n) is 12.1. The lowest BCUT2D eigenvalue weighted by Gasteiger charge is -2.41. The van der Waals surface area contributed by atoms with E-state index < -0.39 is 0 Å². The van der Waals surface area contributed by atoms with Crippen molar-refractivity contribution in [2.45, 2.75) is 51.5 Å². The molecule has 0 aromatic rings. The summed E-state index contributed by atoms with van der Waals surface area (Å²) in [4.78, 5) is 2.61. The van der Waals surface area contributed by atoms with E-state index in [0.29, 0.717) is 12.5 Å². The first-order chi connectivity index (χ1) is 8.66. The highest BCUT2D eigenvalue weighted by molar-refractivity contribution is 4.97. The highest BCUT2D eigenvalue weighted by atomic mass is 16.3. The van der Waals surface area contributed by atoms with Gasteiger partial charge in [-0.05, 0) is 63.6 Å². The van der Waals surface area contributed by atoms with E-state index in [-0.39, 0.29) is 5.54 Å². The zero-order chi connectivity index (χ0) is 13.0. The van der Waals surface area contributed by atoms with Gasteiger partial charge in [0.05, 0.1) is 6.61 Å². The van der Waals surface area contributed by atoms with Crippen molar-refractivity contribution >= 4 is 0 Å². The summed E-state index contributed by atoms with van der Waals surface area (Å²) in [5.41, 5.74) is 0.0963. The first-order valence-electron chi connectivity index (χ1n) is 7.73. The monoisotopic (exact) mass is 254 g/mol. The molecule has 106 valence electrons. The molecule has 2 saturated heterocycles. The molecular formula is C15H30N2O. The maximum absolute atomic E-state index is 9.91. The molecule has 0 aromatic carbocycles. The van der Waals surface area contributed by atoms with Crippen LogP contribution in [0.25, 0.3) is 0 Å². The Balaban J connectivity index is 1.96. The summed E-state index contributed by atoms with van der Waals surface area (Å²) in [5, 5.41) is 13.3. The number of rotatable bonds is 5. The molecule has 2 rings (SSSR count). The minimum atomic E-state index is 0.0963. The number of aliphatic hydroxyl groups is 1. The third-order valence-corrected chi connectivity index (χ3v) is 4.76. The maximum atomic E-state index is 9.91. The van der Waals surface area contributed by atoms with Gasteiger partial charge in [-0.15, -0.1) is 0 Å². The molecule has 0 amide bonds. The van der Waals surface area contributed by atoms with Gasteiger partial charge in [0.1, 0.15) is 0 Å². The number of hydrogen-bond donors (Lipinski definition) is 2. The number of nitrogens with zero attached hydrogens (tertiary/aromatic N) is 1. The minimum Gasteiger partial charge on any atom is -0.394 e. The van der Waals surface area contributed by atoms with Crippen molar-refractivity contribution in [2.75, 3.05) is 32.8 Å². The van der Waals surface area contributed by atoms with Crippen molar-refractivity contribution < 1.29 is 5.11 Å². The van der Waals surface area contributed by atoms with Gasteiger partial charge in [0.25, 0.3) is 0 Å². The lowest BCUT2D eigenvalue weighted by molar-refractivity contribution is 0.0324. The van der Waals surface area contributed by atoms with Crippen molar-refractivity contribution in [1.82, 2.24) is 10.2 Å². The van der Waals surface area contributed by atoms with Crippen molar-refractivity contribution in [3.8, 4) is 0 Å². The van der Waals surface area contributed by atoms with Crippen molar-refractivity contribution in [3.05, 3.63) is 0 Å². The predicted octanol–water partition coefficient (Wildman–Crippen LogP) is 1.86. The Kier molecular flexibility index (Phi) is 5.05. The quantitative estimate of drug-likeness (QED) is 0.786. The van der Waals surface area contributed by atoms with Crippen LogP contribution in [0, 0.1) is 11.8 Å². The molecule has 1 atom stereocenters. The van der Waals surface area contributed by atoms with Crippen LogP contribution >= 0.6 is 0 Å². The van der Waals surface area contributed by atoms with E-state index in [1.807, 2.05) is 0 Å². The van der Waals surface area contributed by atoms with E-state index in [4.69, 9.17) is 0 Å². The van der Waals surface area contributed by atoms with E-state index in [1.54, 1.807) is 0 Å². The van der Waals surface area contributed by atoms with Gasteiger partial charge in [0, 0.05) is 12.1 Å². The molecular weight excluding hydrogens is 224 g/mol. The second-order valence-corrected chi connectivity index (χ2v) is 6.72. The Morgan fingerprint density at radius 1 is 1.33 bits per heavy atom. The second kappa shape index (κ2) is 6.36. The maximum Gasteiger partial charge on any atom is 0.0615 e. The molecule has 2 N–H and O–H groups in total. The van der Waals surface area contributed by atoms with Crippen LogP contribution in [0.4, 0.5) is 0 Å². The Morgan fingerprint density at radius 3 is 2.67 bits per heavy atom. The third kappa shape index (κ3) is 3.25. The van der Waals surface area contributed by atoms with Crippen molar-refractivity contribution in [1.29, 1.82) is 0 Å². The van der Waals surface area contributed by atoms with Crippen molar-refractivity contribution in [2.24, 2.45) is 11.8 Å². The van der Waals surface area contributed by atoms with Crippen LogP contribution in [0.15, 0.2) is 0 Å². The van der Waals surface area contributed by atoms with Gasteiger partial charge in [-0.3, -0.25) is 4.90 Å². The summed E-state index contributed by atoms with van der Waals surface area (Å²) in [5.74, 6) is 1.51. The van der Waals surface area contributed by atoms with Gasteiger partial charge in [0.2, 0.25) is 0 Å². The summed E-state index contributed by atoms with van der Waals surface area (Å²) >= 11 is 0. The fourth-order valence-corrected chi connectivity index (χ4v) is 3.89. The van der Waals surface area contributed by atoms with Crippen molar-refractivity contribution in [3.63, 3.8) is 0 Å². The Morgan fingerprint density at radius 2 is 2.06 bits per heavy atom. The average molecular weight is 254 g/mol. The van der Waals surface area contributed by atoms with Crippen LogP contribution in [0.3, 0.4) is 0 Å². The smallest absolute Gasteiger partial charge is 0.0615 e. The summed E-state index contributed by atoms with van der Waals surface area (Å²) in [6, 6.07) is 0. The van der Waals surface area contributed by atoms with Gasteiger partial charge in [0.15, 0.2) is 0 Å². The summed E-state index contributed by atoms with van der Waals surface area (Å²) < 4.78 is 0. The fourth-order valence-electron chi connectivity index (χ4n) is 3.89. The van der Waals surface area contributed by atoms with Crippen LogP contribution < -0.4 is 5.32 Å². The van der Waals surface area contributed by atoms with E-state index in [1.165, 1.54) is 51.9 Å². The van der Waals surface area contributed by atoms with Gasteiger partial charge in [-0.1, -0.05) is 13.8 Å². The van der Waals surface area contributed by atoms with Gasteiger partial charge in [-0.25, -0.2) is 0 Å². The van der Waals surface area contributed by atoms with Crippen LogP contribution in [0.2, 0.25) is 0 Å². The lowest BCUT2D eigenvalue weighted by Crippen LogP contribution is -2.50. The zero-order valence-corrected chi connectivity index (χ0v) is 12.1. The first kappa shape index (κ1) is 14.3. The highest BCUT2D eigenvalue weighted by Crippen LogP contribution is 2.36. The van der Waals surface area contributed by atoms with Crippen LogP contribution in [-0.2, 0) is 0 Å². The Bertz CT molecular complexity index is 251. The van der Waals surface area contributed by atoms with Crippen LogP contribution in [0.1, 0.15) is 46.0 Å². The molecule has 2 aliphatic rings. The number of hydrogen-bond acceptors (Lipinski definition) is 3. The lowest BCUT2D eigenvalue weighted by atomic mass is 9.86. The SMILES string of the molecule is CC(C)CC1(CO)CCCN1CC1CCNCC1. The molecule has 0 radical (unpaired) electrons. The summed E-state index contributed by atoms with van der Waals surface area (Å²) in [6.07, 6.45) is 6.21. The molecule has 1 unspecified atom stereocenters. The third-order valence-electron chi connectivity index (χ3n) is 4.76. The number of piperidine rings is 1. The Hall–Kier alpha value is -0.120. The molecule has 18 heavy (non-hydrogen) atoms. The molecule has 0 spiro atoms. The average Bonchev–Trinajstić information content (AvgIpc) is 2.73. The van der Waals surface area contributed by atoms with Crippen LogP contribution in [-0.4, -0.2) is 48.3 Å². The number of nitrogens with one attached hydrogen (secondary N) is 1. The van der Waals surface area contributed by atoms with Gasteiger partial charge in [-0.2, -0.15) is 0 Å². The predicted molar refractivity (Wildman–Crippen MR) is 75.7 cm³/mol. The topological polar surface area (TPSA) is 35.5 Å². The largest absolute Gasteiger partial charge is 0.394 e. The molecule has 2 heterocycles. The van der Waals surface area contributed by atoms with E-state index >= 15 is 0 Å². The Labute approximate surface area is 112 Å². The standard InChI is InChI=1S/C15H30N2O/c1-13(2)10-15(12-18)6-3-9-17(15)11-14-4-7-16-8-5-14/h13-14,16,18H,3-12H2,1-2H3. The van der Waals surface area contributed by atoms with Gasteiger partial charge < -0.3 is 10.4 Å². The molecule has 3 nitrogen and oxygen atoms in total. The van der Waals surface area contributed by atoms with E-state index in [2.05, 4.69) is 24.1 Å². The van der Waals surface area contributed by atoms with Crippen LogP contribution in [0.5, 0.6) is 0 Å². The minimum absolute atomic E-state index is 0.0963. The summed E-state index contributed by atoms with van der Waals surface area (Å²) in [6.45, 7) is 9.64.